The summed E-state index contributed by atoms with van der Waals surface area (Å²) in [5.41, 5.74) is 0. The van der Waals surface area contributed by atoms with E-state index in [2.05, 4.69) is 15.3 Å². The fourth-order valence-electron chi connectivity index (χ4n) is 1.11. The van der Waals surface area contributed by atoms with E-state index in [0.717, 1.165) is 6.42 Å². The predicted molar refractivity (Wildman–Crippen MR) is 62.6 cm³/mol. The number of nitrogens with zero attached hydrogens (tertiary/aromatic N) is 2. The molecule has 0 radical (unpaired) electrons. The molecule has 0 saturated heterocycles. The molecule has 1 heterocycles. The monoisotopic (exact) mass is 225 g/mol. The topological polar surface area (TPSA) is 67.3 Å². The van der Waals surface area contributed by atoms with Gasteiger partial charge in [0, 0.05) is 18.8 Å². The fraction of sp³-hybridized carbons (Fsp3) is 0.636. The Balaban J connectivity index is 2.40. The molecule has 5 heteroatoms. The van der Waals surface area contributed by atoms with Crippen molar-refractivity contribution in [2.45, 2.75) is 32.8 Å². The maximum absolute atomic E-state index is 9.10. The number of aromatic nitrogens is 2. The second-order valence-electron chi connectivity index (χ2n) is 3.63. The number of anilines is 1. The van der Waals surface area contributed by atoms with Crippen LogP contribution in [-0.2, 0) is 0 Å². The minimum Gasteiger partial charge on any atom is -0.478 e. The summed E-state index contributed by atoms with van der Waals surface area (Å²) in [5.74, 6) is 1.12. The Morgan fingerprint density at radius 1 is 1.56 bits per heavy atom. The van der Waals surface area contributed by atoms with Gasteiger partial charge in [0.05, 0.1) is 12.7 Å². The lowest BCUT2D eigenvalue weighted by Gasteiger charge is -2.08. The first-order valence-corrected chi connectivity index (χ1v) is 5.60. The molecule has 0 fully saturated rings. The van der Waals surface area contributed by atoms with Crippen LogP contribution in [0.5, 0.6) is 5.88 Å². The molecule has 1 atom stereocenters. The van der Waals surface area contributed by atoms with Crippen LogP contribution in [0.3, 0.4) is 0 Å². The quantitative estimate of drug-likeness (QED) is 0.735. The SMILES string of the molecule is CCCOc1ccnc(NCCC(C)O)n1. The first-order chi connectivity index (χ1) is 7.72. The van der Waals surface area contributed by atoms with Crippen molar-refractivity contribution in [3.63, 3.8) is 0 Å². The van der Waals surface area contributed by atoms with E-state index < -0.39 is 0 Å². The third kappa shape index (κ3) is 4.93. The highest BCUT2D eigenvalue weighted by atomic mass is 16.5. The van der Waals surface area contributed by atoms with E-state index in [1.54, 1.807) is 19.2 Å². The molecule has 0 aromatic carbocycles. The van der Waals surface area contributed by atoms with Crippen LogP contribution in [0.25, 0.3) is 0 Å². The Morgan fingerprint density at radius 2 is 2.38 bits per heavy atom. The zero-order valence-corrected chi connectivity index (χ0v) is 9.81. The molecule has 90 valence electrons. The van der Waals surface area contributed by atoms with Gasteiger partial charge in [-0.25, -0.2) is 4.98 Å². The van der Waals surface area contributed by atoms with Crippen molar-refractivity contribution in [3.8, 4) is 5.88 Å². The van der Waals surface area contributed by atoms with Gasteiger partial charge in [-0.3, -0.25) is 0 Å². The standard InChI is InChI=1S/C11H19N3O2/c1-3-8-16-10-5-7-13-11(14-10)12-6-4-9(2)15/h5,7,9,15H,3-4,6,8H2,1-2H3,(H,12,13,14). The van der Waals surface area contributed by atoms with E-state index in [0.29, 0.717) is 31.4 Å². The largest absolute Gasteiger partial charge is 0.478 e. The number of aliphatic hydroxyl groups excluding tert-OH is 1. The molecule has 1 aromatic heterocycles. The van der Waals surface area contributed by atoms with Crippen LogP contribution in [0, 0.1) is 0 Å². The van der Waals surface area contributed by atoms with Crippen LogP contribution in [0.2, 0.25) is 0 Å². The van der Waals surface area contributed by atoms with Gasteiger partial charge in [0.2, 0.25) is 11.8 Å². The molecule has 0 saturated carbocycles. The Morgan fingerprint density at radius 3 is 3.06 bits per heavy atom. The number of nitrogens with one attached hydrogen (secondary N) is 1. The fourth-order valence-corrected chi connectivity index (χ4v) is 1.11. The molecule has 0 aliphatic rings. The lowest BCUT2D eigenvalue weighted by atomic mass is 10.3. The molecule has 0 spiro atoms. The van der Waals surface area contributed by atoms with Gasteiger partial charge >= 0.3 is 0 Å². The summed E-state index contributed by atoms with van der Waals surface area (Å²) in [6, 6.07) is 1.73. The molecule has 1 rings (SSSR count). The third-order valence-electron chi connectivity index (χ3n) is 1.93. The van der Waals surface area contributed by atoms with Gasteiger partial charge in [-0.05, 0) is 19.8 Å². The summed E-state index contributed by atoms with van der Waals surface area (Å²) >= 11 is 0. The Hall–Kier alpha value is -1.36. The second-order valence-corrected chi connectivity index (χ2v) is 3.63. The number of hydrogen-bond acceptors (Lipinski definition) is 5. The third-order valence-corrected chi connectivity index (χ3v) is 1.93. The number of aliphatic hydroxyl groups is 1. The highest BCUT2D eigenvalue weighted by molar-refractivity contribution is 5.27. The minimum atomic E-state index is -0.313. The van der Waals surface area contributed by atoms with Crippen LogP contribution in [-0.4, -0.2) is 34.3 Å². The van der Waals surface area contributed by atoms with Crippen molar-refractivity contribution in [2.24, 2.45) is 0 Å². The van der Waals surface area contributed by atoms with E-state index in [-0.39, 0.29) is 6.10 Å². The zero-order chi connectivity index (χ0) is 11.8. The molecule has 1 aromatic rings. The first-order valence-electron chi connectivity index (χ1n) is 5.60. The van der Waals surface area contributed by atoms with Crippen molar-refractivity contribution >= 4 is 5.95 Å². The predicted octanol–water partition coefficient (Wildman–Crippen LogP) is 1.45. The van der Waals surface area contributed by atoms with Crippen LogP contribution in [0.1, 0.15) is 26.7 Å². The molecule has 1 unspecified atom stereocenters. The van der Waals surface area contributed by atoms with Gasteiger partial charge in [-0.1, -0.05) is 6.92 Å². The van der Waals surface area contributed by atoms with Gasteiger partial charge in [-0.15, -0.1) is 0 Å². The summed E-state index contributed by atoms with van der Waals surface area (Å²) in [6.07, 6.45) is 2.97. The smallest absolute Gasteiger partial charge is 0.225 e. The highest BCUT2D eigenvalue weighted by Gasteiger charge is 2.00. The maximum Gasteiger partial charge on any atom is 0.225 e. The molecular formula is C11H19N3O2. The van der Waals surface area contributed by atoms with Crippen molar-refractivity contribution in [1.82, 2.24) is 9.97 Å². The summed E-state index contributed by atoms with van der Waals surface area (Å²) in [6.45, 7) is 5.10. The minimum absolute atomic E-state index is 0.313. The highest BCUT2D eigenvalue weighted by Crippen LogP contribution is 2.08. The van der Waals surface area contributed by atoms with Crippen LogP contribution >= 0.6 is 0 Å². The van der Waals surface area contributed by atoms with Crippen LogP contribution < -0.4 is 10.1 Å². The lowest BCUT2D eigenvalue weighted by molar-refractivity contribution is 0.188. The number of hydrogen-bond donors (Lipinski definition) is 2. The molecule has 5 nitrogen and oxygen atoms in total. The Kier molecular flexibility index (Phi) is 5.56. The summed E-state index contributed by atoms with van der Waals surface area (Å²) < 4.78 is 5.38. The second kappa shape index (κ2) is 7.00. The van der Waals surface area contributed by atoms with Gasteiger partial charge in [0.25, 0.3) is 0 Å². The van der Waals surface area contributed by atoms with Gasteiger partial charge in [-0.2, -0.15) is 4.98 Å². The molecule has 16 heavy (non-hydrogen) atoms. The van der Waals surface area contributed by atoms with Crippen LogP contribution in [0.4, 0.5) is 5.95 Å². The van der Waals surface area contributed by atoms with Crippen molar-refractivity contribution in [3.05, 3.63) is 12.3 Å². The van der Waals surface area contributed by atoms with Gasteiger partial charge in [0.1, 0.15) is 0 Å². The van der Waals surface area contributed by atoms with E-state index in [1.807, 2.05) is 6.92 Å². The van der Waals surface area contributed by atoms with Gasteiger partial charge < -0.3 is 15.2 Å². The summed E-state index contributed by atoms with van der Waals surface area (Å²) in [5, 5.41) is 12.1. The average Bonchev–Trinajstić information content (AvgIpc) is 2.26. The lowest BCUT2D eigenvalue weighted by Crippen LogP contribution is -2.11. The zero-order valence-electron chi connectivity index (χ0n) is 9.81. The molecule has 0 aliphatic carbocycles. The molecule has 0 amide bonds. The maximum atomic E-state index is 9.10. The Labute approximate surface area is 95.9 Å². The van der Waals surface area contributed by atoms with E-state index in [4.69, 9.17) is 9.84 Å². The van der Waals surface area contributed by atoms with Crippen LogP contribution in [0.15, 0.2) is 12.3 Å². The Bertz CT molecular complexity index is 305. The van der Waals surface area contributed by atoms with E-state index >= 15 is 0 Å². The van der Waals surface area contributed by atoms with E-state index in [1.165, 1.54) is 0 Å². The molecule has 0 bridgehead atoms. The summed E-state index contributed by atoms with van der Waals surface area (Å²) in [4.78, 5) is 8.24. The van der Waals surface area contributed by atoms with Crippen molar-refractivity contribution in [2.75, 3.05) is 18.5 Å². The molecular weight excluding hydrogens is 206 g/mol. The van der Waals surface area contributed by atoms with Crippen molar-refractivity contribution < 1.29 is 9.84 Å². The first kappa shape index (κ1) is 12.7. The average molecular weight is 225 g/mol. The molecule has 2 N–H and O–H groups in total. The van der Waals surface area contributed by atoms with E-state index in [9.17, 15) is 0 Å². The summed E-state index contributed by atoms with van der Waals surface area (Å²) in [7, 11) is 0. The van der Waals surface area contributed by atoms with Crippen molar-refractivity contribution in [1.29, 1.82) is 0 Å². The normalized spacial score (nSPS) is 12.2. The molecule has 0 aliphatic heterocycles. The number of ether oxygens (including phenoxy) is 1. The number of rotatable bonds is 7. The van der Waals surface area contributed by atoms with Gasteiger partial charge in [0.15, 0.2) is 0 Å².